The van der Waals surface area contributed by atoms with E-state index in [2.05, 4.69) is 10.6 Å². The lowest BCUT2D eigenvalue weighted by Crippen LogP contribution is -2.29. The zero-order valence-electron chi connectivity index (χ0n) is 12.8. The minimum Gasteiger partial charge on any atom is -0.378 e. The molecule has 0 aromatic heterocycles. The van der Waals surface area contributed by atoms with Crippen molar-refractivity contribution >= 4 is 34.6 Å². The molecule has 1 amide bonds. The molecule has 0 bridgehead atoms. The second-order valence-electron chi connectivity index (χ2n) is 4.88. The molecule has 0 heterocycles. The predicted octanol–water partition coefficient (Wildman–Crippen LogP) is 3.00. The van der Waals surface area contributed by atoms with E-state index in [0.29, 0.717) is 5.69 Å². The summed E-state index contributed by atoms with van der Waals surface area (Å²) in [6.45, 7) is 0.305. The monoisotopic (exact) mass is 364 g/mol. The number of anilines is 1. The van der Waals surface area contributed by atoms with Crippen molar-refractivity contribution < 1.29 is 14.6 Å². The lowest BCUT2D eigenvalue weighted by atomic mass is 10.1. The van der Waals surface area contributed by atoms with Gasteiger partial charge in [0.05, 0.1) is 9.85 Å². The zero-order chi connectivity index (χ0) is 18.4. The van der Waals surface area contributed by atoms with E-state index in [9.17, 15) is 25.0 Å². The third kappa shape index (κ3) is 4.64. The average Bonchev–Trinajstić information content (AvgIpc) is 2.58. The summed E-state index contributed by atoms with van der Waals surface area (Å²) < 4.78 is 0. The van der Waals surface area contributed by atoms with Crippen LogP contribution >= 0.6 is 11.6 Å². The minimum atomic E-state index is -0.670. The number of hydrogen-bond donors (Lipinski definition) is 2. The van der Waals surface area contributed by atoms with Gasteiger partial charge in [0.1, 0.15) is 11.3 Å². The molecule has 0 radical (unpaired) electrons. The van der Waals surface area contributed by atoms with Crippen LogP contribution in [0.4, 0.5) is 17.1 Å². The van der Waals surface area contributed by atoms with E-state index in [1.165, 1.54) is 18.2 Å². The smallest absolute Gasteiger partial charge is 0.292 e. The number of nitro groups is 2. The van der Waals surface area contributed by atoms with E-state index < -0.39 is 15.8 Å². The summed E-state index contributed by atoms with van der Waals surface area (Å²) in [5, 5.41) is 27.4. The van der Waals surface area contributed by atoms with Crippen LogP contribution in [0.5, 0.6) is 0 Å². The molecule has 0 unspecified atom stereocenters. The molecule has 0 aliphatic rings. The number of amides is 1. The number of para-hydroxylation sites is 2. The van der Waals surface area contributed by atoms with Gasteiger partial charge in [0.2, 0.25) is 0 Å². The van der Waals surface area contributed by atoms with E-state index in [1.54, 1.807) is 18.2 Å². The Hall–Kier alpha value is -3.20. The standard InChI is InChI=1S/C15H13ClN4O5/c16-10-5-6-13(19(22)23)11(9-10)15(21)18-8-7-17-12-3-1-2-4-14(12)20(24)25/h1-6,9,17H,7-8H2,(H,18,21). The maximum absolute atomic E-state index is 12.1. The van der Waals surface area contributed by atoms with Crippen molar-refractivity contribution in [2.24, 2.45) is 0 Å². The molecular weight excluding hydrogens is 352 g/mol. The predicted molar refractivity (Wildman–Crippen MR) is 92.0 cm³/mol. The number of rotatable bonds is 7. The Kier molecular flexibility index (Phi) is 5.85. The van der Waals surface area contributed by atoms with Crippen molar-refractivity contribution in [3.63, 3.8) is 0 Å². The fourth-order valence-electron chi connectivity index (χ4n) is 2.10. The van der Waals surface area contributed by atoms with Gasteiger partial charge in [0.15, 0.2) is 0 Å². The van der Waals surface area contributed by atoms with Crippen molar-refractivity contribution in [3.8, 4) is 0 Å². The van der Waals surface area contributed by atoms with Gasteiger partial charge in [0, 0.05) is 30.2 Å². The fraction of sp³-hybridized carbons (Fsp3) is 0.133. The molecule has 10 heteroatoms. The van der Waals surface area contributed by atoms with Gasteiger partial charge in [-0.25, -0.2) is 0 Å². The fourth-order valence-corrected chi connectivity index (χ4v) is 2.27. The highest BCUT2D eigenvalue weighted by Crippen LogP contribution is 2.23. The van der Waals surface area contributed by atoms with Crippen molar-refractivity contribution in [1.82, 2.24) is 5.32 Å². The molecular formula is C15H13ClN4O5. The van der Waals surface area contributed by atoms with E-state index in [-0.39, 0.29) is 35.1 Å². The van der Waals surface area contributed by atoms with Crippen LogP contribution in [0.25, 0.3) is 0 Å². The molecule has 0 fully saturated rings. The topological polar surface area (TPSA) is 127 Å². The molecule has 9 nitrogen and oxygen atoms in total. The molecule has 2 aromatic carbocycles. The molecule has 0 atom stereocenters. The van der Waals surface area contributed by atoms with Crippen LogP contribution in [0, 0.1) is 20.2 Å². The van der Waals surface area contributed by atoms with Gasteiger partial charge in [-0.3, -0.25) is 25.0 Å². The Labute approximate surface area is 146 Å². The van der Waals surface area contributed by atoms with Gasteiger partial charge in [-0.1, -0.05) is 23.7 Å². The molecule has 0 spiro atoms. The van der Waals surface area contributed by atoms with Crippen molar-refractivity contribution in [2.75, 3.05) is 18.4 Å². The summed E-state index contributed by atoms with van der Waals surface area (Å²) in [6, 6.07) is 9.78. The van der Waals surface area contributed by atoms with Gasteiger partial charge >= 0.3 is 0 Å². The first kappa shape index (κ1) is 18.1. The summed E-state index contributed by atoms with van der Waals surface area (Å²) in [5.74, 6) is -0.654. The van der Waals surface area contributed by atoms with Crippen LogP contribution in [0.3, 0.4) is 0 Å². The van der Waals surface area contributed by atoms with Crippen LogP contribution in [0.2, 0.25) is 5.02 Å². The van der Waals surface area contributed by atoms with Crippen molar-refractivity contribution in [1.29, 1.82) is 0 Å². The van der Waals surface area contributed by atoms with Crippen LogP contribution in [-0.4, -0.2) is 28.8 Å². The first-order valence-corrected chi connectivity index (χ1v) is 7.47. The molecule has 0 saturated heterocycles. The first-order chi connectivity index (χ1) is 11.9. The van der Waals surface area contributed by atoms with Crippen LogP contribution in [0.15, 0.2) is 42.5 Å². The summed E-state index contributed by atoms with van der Waals surface area (Å²) in [6.07, 6.45) is 0. The molecule has 2 N–H and O–H groups in total. The van der Waals surface area contributed by atoms with Crippen molar-refractivity contribution in [2.45, 2.75) is 0 Å². The second-order valence-corrected chi connectivity index (χ2v) is 5.31. The molecule has 2 aromatic rings. The van der Waals surface area contributed by atoms with Crippen LogP contribution in [-0.2, 0) is 0 Å². The summed E-state index contributed by atoms with van der Waals surface area (Å²) in [7, 11) is 0. The Bertz CT molecular complexity index is 827. The molecule has 25 heavy (non-hydrogen) atoms. The number of nitrogens with one attached hydrogen (secondary N) is 2. The third-order valence-electron chi connectivity index (χ3n) is 3.23. The Morgan fingerprint density at radius 2 is 1.68 bits per heavy atom. The molecule has 130 valence electrons. The number of benzene rings is 2. The Morgan fingerprint density at radius 3 is 2.36 bits per heavy atom. The lowest BCUT2D eigenvalue weighted by Gasteiger charge is -2.09. The van der Waals surface area contributed by atoms with Gasteiger partial charge in [-0.15, -0.1) is 0 Å². The number of carbonyl (C=O) groups excluding carboxylic acids is 1. The number of hydrogen-bond acceptors (Lipinski definition) is 6. The maximum Gasteiger partial charge on any atom is 0.292 e. The lowest BCUT2D eigenvalue weighted by molar-refractivity contribution is -0.385. The first-order valence-electron chi connectivity index (χ1n) is 7.09. The van der Waals surface area contributed by atoms with Crippen LogP contribution in [0.1, 0.15) is 10.4 Å². The summed E-state index contributed by atoms with van der Waals surface area (Å²) in [4.78, 5) is 32.8. The SMILES string of the molecule is O=C(NCCNc1ccccc1[N+](=O)[O-])c1cc(Cl)ccc1[N+](=O)[O-]. The number of nitro benzene ring substituents is 2. The Balaban J connectivity index is 1.97. The third-order valence-corrected chi connectivity index (χ3v) is 3.46. The molecule has 0 aliphatic carbocycles. The van der Waals surface area contributed by atoms with Gasteiger partial charge < -0.3 is 10.6 Å². The highest BCUT2D eigenvalue weighted by molar-refractivity contribution is 6.31. The van der Waals surface area contributed by atoms with E-state index >= 15 is 0 Å². The van der Waals surface area contributed by atoms with Crippen molar-refractivity contribution in [3.05, 3.63) is 73.3 Å². The van der Waals surface area contributed by atoms with E-state index in [1.807, 2.05) is 0 Å². The second kappa shape index (κ2) is 8.06. The highest BCUT2D eigenvalue weighted by atomic mass is 35.5. The largest absolute Gasteiger partial charge is 0.378 e. The molecule has 2 rings (SSSR count). The quantitative estimate of drug-likeness (QED) is 0.441. The van der Waals surface area contributed by atoms with E-state index in [4.69, 9.17) is 11.6 Å². The number of nitrogens with zero attached hydrogens (tertiary/aromatic N) is 2. The number of halogens is 1. The maximum atomic E-state index is 12.1. The zero-order valence-corrected chi connectivity index (χ0v) is 13.5. The van der Waals surface area contributed by atoms with Gasteiger partial charge in [0.25, 0.3) is 17.3 Å². The minimum absolute atomic E-state index is 0.0840. The Morgan fingerprint density at radius 1 is 1.00 bits per heavy atom. The molecule has 0 aliphatic heterocycles. The summed E-state index contributed by atoms with van der Waals surface area (Å²) >= 11 is 5.78. The normalized spacial score (nSPS) is 10.1. The van der Waals surface area contributed by atoms with E-state index in [0.717, 1.165) is 6.07 Å². The average molecular weight is 365 g/mol. The number of carbonyl (C=O) groups is 1. The highest BCUT2D eigenvalue weighted by Gasteiger charge is 2.20. The summed E-state index contributed by atoms with van der Waals surface area (Å²) in [5.41, 5.74) is -0.272. The van der Waals surface area contributed by atoms with Gasteiger partial charge in [-0.05, 0) is 18.2 Å². The van der Waals surface area contributed by atoms with Gasteiger partial charge in [-0.2, -0.15) is 0 Å². The van der Waals surface area contributed by atoms with Crippen LogP contribution < -0.4 is 10.6 Å². The molecule has 0 saturated carbocycles.